The Labute approximate surface area is 153 Å². The molecule has 0 saturated carbocycles. The van der Waals surface area contributed by atoms with Gasteiger partial charge in [-0.05, 0) is 50.1 Å². The standard InChI is InChI=1S/C19H22Cl2N2O/c1-4-12-23(15-8-6-5-7-9-15)18(24)22-19(2,3)14-10-11-16(20)17(21)13-14/h5-11,13H,4,12H2,1-3H3,(H,22,24). The van der Waals surface area contributed by atoms with Crippen LogP contribution in [0.25, 0.3) is 0 Å². The minimum absolute atomic E-state index is 0.140. The van der Waals surface area contributed by atoms with E-state index in [0.717, 1.165) is 17.7 Å². The van der Waals surface area contributed by atoms with Gasteiger partial charge in [-0.3, -0.25) is 4.90 Å². The fraction of sp³-hybridized carbons (Fsp3) is 0.316. The molecule has 2 rings (SSSR count). The van der Waals surface area contributed by atoms with Crippen molar-refractivity contribution in [3.63, 3.8) is 0 Å². The van der Waals surface area contributed by atoms with E-state index in [0.29, 0.717) is 16.6 Å². The van der Waals surface area contributed by atoms with Crippen LogP contribution in [0.4, 0.5) is 10.5 Å². The zero-order valence-electron chi connectivity index (χ0n) is 14.1. The molecule has 0 aromatic heterocycles. The number of amides is 2. The fourth-order valence-electron chi connectivity index (χ4n) is 2.47. The average Bonchev–Trinajstić information content (AvgIpc) is 2.55. The third kappa shape index (κ3) is 4.43. The molecule has 0 unspecified atom stereocenters. The molecule has 0 aliphatic heterocycles. The van der Waals surface area contributed by atoms with Crippen LogP contribution in [0.5, 0.6) is 0 Å². The summed E-state index contributed by atoms with van der Waals surface area (Å²) in [6.45, 7) is 6.58. The highest BCUT2D eigenvalue weighted by atomic mass is 35.5. The molecule has 1 N–H and O–H groups in total. The molecule has 2 amide bonds. The van der Waals surface area contributed by atoms with Crippen molar-refractivity contribution in [1.82, 2.24) is 5.32 Å². The van der Waals surface area contributed by atoms with Crippen molar-refractivity contribution in [2.45, 2.75) is 32.7 Å². The number of hydrogen-bond acceptors (Lipinski definition) is 1. The van der Waals surface area contributed by atoms with Crippen LogP contribution in [0.2, 0.25) is 10.0 Å². The highest BCUT2D eigenvalue weighted by molar-refractivity contribution is 6.42. The molecule has 0 saturated heterocycles. The summed E-state index contributed by atoms with van der Waals surface area (Å²) in [5.74, 6) is 0. The third-order valence-corrected chi connectivity index (χ3v) is 4.56. The van der Waals surface area contributed by atoms with Crippen molar-refractivity contribution >= 4 is 34.9 Å². The first-order valence-electron chi connectivity index (χ1n) is 7.95. The number of rotatable bonds is 5. The maximum atomic E-state index is 12.8. The second kappa shape index (κ2) is 7.91. The van der Waals surface area contributed by atoms with E-state index in [4.69, 9.17) is 23.2 Å². The summed E-state index contributed by atoms with van der Waals surface area (Å²) in [6, 6.07) is 14.9. The van der Waals surface area contributed by atoms with Gasteiger partial charge in [0.25, 0.3) is 0 Å². The number of urea groups is 1. The van der Waals surface area contributed by atoms with Crippen molar-refractivity contribution in [1.29, 1.82) is 0 Å². The summed E-state index contributed by atoms with van der Waals surface area (Å²) in [5, 5.41) is 4.06. The van der Waals surface area contributed by atoms with Gasteiger partial charge < -0.3 is 5.32 Å². The largest absolute Gasteiger partial charge is 0.329 e. The topological polar surface area (TPSA) is 32.3 Å². The molecule has 0 fully saturated rings. The lowest BCUT2D eigenvalue weighted by molar-refractivity contribution is 0.235. The Morgan fingerprint density at radius 1 is 1.08 bits per heavy atom. The van der Waals surface area contributed by atoms with Gasteiger partial charge in [0.05, 0.1) is 15.6 Å². The SMILES string of the molecule is CCCN(C(=O)NC(C)(C)c1ccc(Cl)c(Cl)c1)c1ccccc1. The third-order valence-electron chi connectivity index (χ3n) is 3.82. The van der Waals surface area contributed by atoms with Crippen LogP contribution in [0.1, 0.15) is 32.8 Å². The molecule has 0 bridgehead atoms. The number of halogens is 2. The van der Waals surface area contributed by atoms with Crippen LogP contribution in [0.3, 0.4) is 0 Å². The number of hydrogen-bond donors (Lipinski definition) is 1. The lowest BCUT2D eigenvalue weighted by Crippen LogP contribution is -2.49. The molecule has 2 aromatic carbocycles. The van der Waals surface area contributed by atoms with Gasteiger partial charge in [-0.15, -0.1) is 0 Å². The Balaban J connectivity index is 2.22. The molecule has 0 heterocycles. The van der Waals surface area contributed by atoms with Crippen molar-refractivity contribution in [2.24, 2.45) is 0 Å². The number of nitrogens with one attached hydrogen (secondary N) is 1. The van der Waals surface area contributed by atoms with Crippen LogP contribution in [-0.4, -0.2) is 12.6 Å². The highest BCUT2D eigenvalue weighted by Crippen LogP contribution is 2.29. The zero-order valence-corrected chi connectivity index (χ0v) is 15.7. The van der Waals surface area contributed by atoms with Gasteiger partial charge in [-0.2, -0.15) is 0 Å². The number of carbonyl (C=O) groups excluding carboxylic acids is 1. The van der Waals surface area contributed by atoms with Crippen LogP contribution >= 0.6 is 23.2 Å². The van der Waals surface area contributed by atoms with E-state index < -0.39 is 5.54 Å². The summed E-state index contributed by atoms with van der Waals surface area (Å²) < 4.78 is 0. The van der Waals surface area contributed by atoms with Crippen molar-refractivity contribution < 1.29 is 4.79 Å². The number of para-hydroxylation sites is 1. The molecular weight excluding hydrogens is 343 g/mol. The molecular formula is C19H22Cl2N2O. The van der Waals surface area contributed by atoms with E-state index in [9.17, 15) is 4.79 Å². The molecule has 0 atom stereocenters. The van der Waals surface area contributed by atoms with E-state index in [1.54, 1.807) is 17.0 Å². The van der Waals surface area contributed by atoms with Gasteiger partial charge in [-0.25, -0.2) is 4.79 Å². The van der Waals surface area contributed by atoms with Crippen molar-refractivity contribution in [3.8, 4) is 0 Å². The Hall–Kier alpha value is -1.71. The van der Waals surface area contributed by atoms with Crippen LogP contribution in [-0.2, 0) is 5.54 Å². The quantitative estimate of drug-likeness (QED) is 0.708. The van der Waals surface area contributed by atoms with E-state index in [1.807, 2.05) is 57.2 Å². The maximum absolute atomic E-state index is 12.8. The average molecular weight is 365 g/mol. The van der Waals surface area contributed by atoms with Crippen molar-refractivity contribution in [3.05, 3.63) is 64.1 Å². The lowest BCUT2D eigenvalue weighted by Gasteiger charge is -2.31. The fourth-order valence-corrected chi connectivity index (χ4v) is 2.77. The summed E-state index contributed by atoms with van der Waals surface area (Å²) in [6.07, 6.45) is 0.871. The molecule has 0 radical (unpaired) electrons. The van der Waals surface area contributed by atoms with Gasteiger partial charge >= 0.3 is 6.03 Å². The molecule has 24 heavy (non-hydrogen) atoms. The Kier molecular flexibility index (Phi) is 6.14. The first kappa shape index (κ1) is 18.6. The van der Waals surface area contributed by atoms with Crippen LogP contribution in [0.15, 0.2) is 48.5 Å². The molecule has 3 nitrogen and oxygen atoms in total. The molecule has 0 aliphatic rings. The number of benzene rings is 2. The first-order valence-corrected chi connectivity index (χ1v) is 8.71. The normalized spacial score (nSPS) is 11.2. The van der Waals surface area contributed by atoms with E-state index >= 15 is 0 Å². The molecule has 0 aliphatic carbocycles. The Morgan fingerprint density at radius 2 is 1.75 bits per heavy atom. The Morgan fingerprint density at radius 3 is 2.33 bits per heavy atom. The summed E-state index contributed by atoms with van der Waals surface area (Å²) in [5.41, 5.74) is 1.20. The molecule has 0 spiro atoms. The smallest absolute Gasteiger partial charge is 0.322 e. The maximum Gasteiger partial charge on any atom is 0.322 e. The van der Waals surface area contributed by atoms with Gasteiger partial charge in [0.1, 0.15) is 0 Å². The minimum atomic E-state index is -0.577. The van der Waals surface area contributed by atoms with Gasteiger partial charge in [-0.1, -0.05) is 54.4 Å². The van der Waals surface area contributed by atoms with Gasteiger partial charge in [0, 0.05) is 12.2 Å². The Bertz CT molecular complexity index is 702. The number of nitrogens with zero attached hydrogens (tertiary/aromatic N) is 1. The predicted octanol–water partition coefficient (Wildman–Crippen LogP) is 5.85. The van der Waals surface area contributed by atoms with Crippen LogP contribution < -0.4 is 10.2 Å². The second-order valence-electron chi connectivity index (χ2n) is 6.17. The molecule has 128 valence electrons. The number of anilines is 1. The summed E-state index contributed by atoms with van der Waals surface area (Å²) >= 11 is 12.1. The molecule has 5 heteroatoms. The molecule has 2 aromatic rings. The minimum Gasteiger partial charge on any atom is -0.329 e. The summed E-state index contributed by atoms with van der Waals surface area (Å²) in [7, 11) is 0. The first-order chi connectivity index (χ1) is 11.3. The monoisotopic (exact) mass is 364 g/mol. The summed E-state index contributed by atoms with van der Waals surface area (Å²) in [4.78, 5) is 14.6. The highest BCUT2D eigenvalue weighted by Gasteiger charge is 2.26. The number of carbonyl (C=O) groups is 1. The predicted molar refractivity (Wildman–Crippen MR) is 102 cm³/mol. The van der Waals surface area contributed by atoms with Gasteiger partial charge in [0.2, 0.25) is 0 Å². The van der Waals surface area contributed by atoms with Crippen LogP contribution in [0, 0.1) is 0 Å². The lowest BCUT2D eigenvalue weighted by atomic mass is 9.94. The zero-order chi connectivity index (χ0) is 17.7. The van der Waals surface area contributed by atoms with E-state index in [-0.39, 0.29) is 6.03 Å². The van der Waals surface area contributed by atoms with Crippen molar-refractivity contribution in [2.75, 3.05) is 11.4 Å². The van der Waals surface area contributed by atoms with E-state index in [1.165, 1.54) is 0 Å². The second-order valence-corrected chi connectivity index (χ2v) is 6.99. The van der Waals surface area contributed by atoms with E-state index in [2.05, 4.69) is 5.32 Å². The van der Waals surface area contributed by atoms with Gasteiger partial charge in [0.15, 0.2) is 0 Å².